The first-order chi connectivity index (χ1) is 9.81. The lowest BCUT2D eigenvalue weighted by atomic mass is 10.1. The fraction of sp³-hybridized carbons (Fsp3) is 0. The third-order valence-electron chi connectivity index (χ3n) is 2.93. The van der Waals surface area contributed by atoms with Gasteiger partial charge in [0.1, 0.15) is 11.5 Å². The average molecular weight is 280 g/mol. The van der Waals surface area contributed by atoms with Crippen molar-refractivity contribution in [3.63, 3.8) is 0 Å². The molecule has 3 aromatic rings. The molecule has 0 aliphatic heterocycles. The molecular formula is C18H12ClO. The Bertz CT molecular complexity index is 690. The van der Waals surface area contributed by atoms with Gasteiger partial charge in [0.15, 0.2) is 0 Å². The maximum absolute atomic E-state index is 5.95. The second-order valence-electron chi connectivity index (χ2n) is 4.36. The molecule has 97 valence electrons. The highest BCUT2D eigenvalue weighted by atomic mass is 35.5. The minimum atomic E-state index is 0.618. The van der Waals surface area contributed by atoms with Crippen LogP contribution in [0, 0.1) is 6.07 Å². The Hall–Kier alpha value is -2.25. The fourth-order valence-corrected chi connectivity index (χ4v) is 2.14. The van der Waals surface area contributed by atoms with Gasteiger partial charge in [0, 0.05) is 11.1 Å². The molecule has 0 unspecified atom stereocenters. The molecule has 0 spiro atoms. The molecule has 0 heterocycles. The van der Waals surface area contributed by atoms with Crippen LogP contribution < -0.4 is 4.74 Å². The van der Waals surface area contributed by atoms with Crippen LogP contribution in [0.2, 0.25) is 5.02 Å². The van der Waals surface area contributed by atoms with Crippen LogP contribution in [0.3, 0.4) is 0 Å². The molecule has 0 aliphatic rings. The Kier molecular flexibility index (Phi) is 3.71. The first-order valence-corrected chi connectivity index (χ1v) is 6.70. The largest absolute Gasteiger partial charge is 0.457 e. The molecule has 0 saturated heterocycles. The molecule has 0 fully saturated rings. The number of halogens is 1. The van der Waals surface area contributed by atoms with Crippen molar-refractivity contribution in [1.82, 2.24) is 0 Å². The van der Waals surface area contributed by atoms with Crippen LogP contribution >= 0.6 is 11.6 Å². The van der Waals surface area contributed by atoms with Crippen LogP contribution in [0.25, 0.3) is 11.1 Å². The van der Waals surface area contributed by atoms with E-state index in [9.17, 15) is 0 Å². The summed E-state index contributed by atoms with van der Waals surface area (Å²) in [4.78, 5) is 0. The standard InChI is InChI=1S/C18H12ClO/c19-16-6-4-5-15(13-16)14-9-11-18(12-10-14)20-17-7-2-1-3-8-17/h1-5,7-13H. The highest BCUT2D eigenvalue weighted by Crippen LogP contribution is 2.26. The molecule has 0 aromatic heterocycles. The van der Waals surface area contributed by atoms with Gasteiger partial charge in [0.2, 0.25) is 0 Å². The van der Waals surface area contributed by atoms with E-state index >= 15 is 0 Å². The number of rotatable bonds is 3. The van der Waals surface area contributed by atoms with Gasteiger partial charge < -0.3 is 4.74 Å². The van der Waals surface area contributed by atoms with Crippen molar-refractivity contribution in [1.29, 1.82) is 0 Å². The van der Waals surface area contributed by atoms with E-state index in [0.717, 1.165) is 22.6 Å². The first kappa shape index (κ1) is 12.8. The zero-order valence-corrected chi connectivity index (χ0v) is 11.5. The van der Waals surface area contributed by atoms with Crippen molar-refractivity contribution in [2.24, 2.45) is 0 Å². The van der Waals surface area contributed by atoms with Gasteiger partial charge in [-0.2, -0.15) is 0 Å². The first-order valence-electron chi connectivity index (χ1n) is 6.32. The lowest BCUT2D eigenvalue weighted by Crippen LogP contribution is -1.84. The molecule has 2 heteroatoms. The summed E-state index contributed by atoms with van der Waals surface area (Å²) in [5.41, 5.74) is 2.17. The number of ether oxygens (including phenoxy) is 1. The Morgan fingerprint density at radius 2 is 1.45 bits per heavy atom. The molecule has 20 heavy (non-hydrogen) atoms. The smallest absolute Gasteiger partial charge is 0.127 e. The minimum absolute atomic E-state index is 0.618. The molecule has 3 rings (SSSR count). The Labute approximate surface area is 123 Å². The van der Waals surface area contributed by atoms with Crippen molar-refractivity contribution in [2.75, 3.05) is 0 Å². The second kappa shape index (κ2) is 5.81. The van der Waals surface area contributed by atoms with Gasteiger partial charge in [-0.3, -0.25) is 0 Å². The molecule has 0 amide bonds. The lowest BCUT2D eigenvalue weighted by Gasteiger charge is -2.07. The summed E-state index contributed by atoms with van der Waals surface area (Å²) in [5.74, 6) is 1.64. The number of hydrogen-bond donors (Lipinski definition) is 0. The summed E-state index contributed by atoms with van der Waals surface area (Å²) in [6.45, 7) is 0. The van der Waals surface area contributed by atoms with Crippen molar-refractivity contribution in [3.8, 4) is 22.6 Å². The zero-order chi connectivity index (χ0) is 13.8. The fourth-order valence-electron chi connectivity index (χ4n) is 1.96. The summed E-state index contributed by atoms with van der Waals surface area (Å²) in [5, 5.41) is 0.618. The lowest BCUT2D eigenvalue weighted by molar-refractivity contribution is 0.483. The van der Waals surface area contributed by atoms with Gasteiger partial charge in [0.05, 0.1) is 0 Å². The van der Waals surface area contributed by atoms with E-state index in [0.29, 0.717) is 5.02 Å². The van der Waals surface area contributed by atoms with E-state index in [4.69, 9.17) is 16.3 Å². The summed E-state index contributed by atoms with van der Waals surface area (Å²) in [6, 6.07) is 26.3. The molecule has 0 bridgehead atoms. The maximum atomic E-state index is 5.95. The topological polar surface area (TPSA) is 9.23 Å². The maximum Gasteiger partial charge on any atom is 0.127 e. The molecule has 3 aromatic carbocycles. The van der Waals surface area contributed by atoms with Gasteiger partial charge in [-0.1, -0.05) is 54.1 Å². The third kappa shape index (κ3) is 3.01. The van der Waals surface area contributed by atoms with E-state index in [1.165, 1.54) is 0 Å². The summed E-state index contributed by atoms with van der Waals surface area (Å²) in [6.07, 6.45) is 0. The number of benzene rings is 3. The Morgan fingerprint density at radius 1 is 0.750 bits per heavy atom. The Balaban J connectivity index is 1.81. The number of hydrogen-bond acceptors (Lipinski definition) is 1. The van der Waals surface area contributed by atoms with E-state index < -0.39 is 0 Å². The zero-order valence-electron chi connectivity index (χ0n) is 10.7. The third-order valence-corrected chi connectivity index (χ3v) is 3.15. The van der Waals surface area contributed by atoms with Crippen molar-refractivity contribution >= 4 is 11.6 Å². The quantitative estimate of drug-likeness (QED) is 0.606. The van der Waals surface area contributed by atoms with Gasteiger partial charge in [-0.15, -0.1) is 0 Å². The highest BCUT2D eigenvalue weighted by molar-refractivity contribution is 6.30. The molecule has 1 nitrogen and oxygen atoms in total. The molecule has 0 N–H and O–H groups in total. The molecule has 0 atom stereocenters. The van der Waals surface area contributed by atoms with Gasteiger partial charge in [-0.25, -0.2) is 0 Å². The predicted octanol–water partition coefficient (Wildman–Crippen LogP) is 5.60. The van der Waals surface area contributed by atoms with Gasteiger partial charge >= 0.3 is 0 Å². The molecule has 1 radical (unpaired) electrons. The summed E-state index contributed by atoms with van der Waals surface area (Å²) < 4.78 is 5.76. The van der Waals surface area contributed by atoms with E-state index in [-0.39, 0.29) is 0 Å². The van der Waals surface area contributed by atoms with Crippen LogP contribution in [-0.4, -0.2) is 0 Å². The summed E-state index contributed by atoms with van der Waals surface area (Å²) >= 11 is 5.95. The van der Waals surface area contributed by atoms with Crippen molar-refractivity contribution in [3.05, 3.63) is 83.9 Å². The van der Waals surface area contributed by atoms with Crippen LogP contribution in [0.1, 0.15) is 0 Å². The second-order valence-corrected chi connectivity index (χ2v) is 4.77. The Morgan fingerprint density at radius 3 is 2.15 bits per heavy atom. The van der Waals surface area contributed by atoms with E-state index in [2.05, 4.69) is 6.07 Å². The highest BCUT2D eigenvalue weighted by Gasteiger charge is 2.00. The van der Waals surface area contributed by atoms with E-state index in [1.54, 1.807) is 0 Å². The molecule has 0 aliphatic carbocycles. The molecule has 0 saturated carbocycles. The number of para-hydroxylation sites is 1. The van der Waals surface area contributed by atoms with Crippen LogP contribution in [-0.2, 0) is 0 Å². The van der Waals surface area contributed by atoms with Crippen LogP contribution in [0.5, 0.6) is 11.5 Å². The monoisotopic (exact) mass is 279 g/mol. The van der Waals surface area contributed by atoms with E-state index in [1.807, 2.05) is 72.8 Å². The normalized spacial score (nSPS) is 10.2. The van der Waals surface area contributed by atoms with Crippen LogP contribution in [0.4, 0.5) is 0 Å². The van der Waals surface area contributed by atoms with Crippen molar-refractivity contribution in [2.45, 2.75) is 0 Å². The minimum Gasteiger partial charge on any atom is -0.457 e. The van der Waals surface area contributed by atoms with Gasteiger partial charge in [-0.05, 0) is 41.5 Å². The average Bonchev–Trinajstić information content (AvgIpc) is 2.49. The SMILES string of the molecule is Clc1[c]ccc(-c2ccc(Oc3ccccc3)cc2)c1. The molecular weight excluding hydrogens is 268 g/mol. The van der Waals surface area contributed by atoms with Crippen molar-refractivity contribution < 1.29 is 4.74 Å². The predicted molar refractivity (Wildman–Crippen MR) is 82.2 cm³/mol. The summed E-state index contributed by atoms with van der Waals surface area (Å²) in [7, 11) is 0. The van der Waals surface area contributed by atoms with Gasteiger partial charge in [0.25, 0.3) is 0 Å². The van der Waals surface area contributed by atoms with Crippen LogP contribution in [0.15, 0.2) is 72.8 Å².